The monoisotopic (exact) mass is 484 g/mol. The van der Waals surface area contributed by atoms with Crippen LogP contribution >= 0.6 is 0 Å². The quantitative estimate of drug-likeness (QED) is 0.146. The minimum atomic E-state index is -1.59. The van der Waals surface area contributed by atoms with Crippen LogP contribution < -0.4 is 0 Å². The zero-order chi connectivity index (χ0) is 24.4. The van der Waals surface area contributed by atoms with Gasteiger partial charge in [-0.2, -0.15) is 0 Å². The summed E-state index contributed by atoms with van der Waals surface area (Å²) in [6.07, 6.45) is 16.1. The van der Waals surface area contributed by atoms with Gasteiger partial charge in [-0.25, -0.2) is 0 Å². The normalized spacial score (nSPS) is 25.1. The first-order chi connectivity index (χ1) is 15.5. The van der Waals surface area contributed by atoms with E-state index in [1.807, 2.05) is 13.8 Å². The van der Waals surface area contributed by atoms with Crippen molar-refractivity contribution in [3.63, 3.8) is 0 Å². The third-order valence-corrected chi connectivity index (χ3v) is 11.7. The van der Waals surface area contributed by atoms with E-state index in [2.05, 4.69) is 46.0 Å². The molecule has 2 rings (SSSR count). The van der Waals surface area contributed by atoms with Gasteiger partial charge in [-0.05, 0) is 64.1 Å². The highest BCUT2D eigenvalue weighted by Crippen LogP contribution is 2.36. The van der Waals surface area contributed by atoms with Crippen molar-refractivity contribution in [1.82, 2.24) is 0 Å². The minimum absolute atomic E-state index is 0.00640. The third-order valence-electron chi connectivity index (χ3n) is 7.19. The maximum atomic E-state index is 6.30. The van der Waals surface area contributed by atoms with Gasteiger partial charge in [0.2, 0.25) is 0 Å². The van der Waals surface area contributed by atoms with Gasteiger partial charge in [0, 0.05) is 13.2 Å². The minimum Gasteiger partial charge on any atom is -0.417 e. The average molecular weight is 485 g/mol. The SMILES string of the molecule is CC1(C)OC[C@H](/C=C/C(CCCCCCCCO[Si](C)(C)C(C)(C)C)OC2CCCCO2)O1. The van der Waals surface area contributed by atoms with Gasteiger partial charge in [-0.15, -0.1) is 0 Å². The van der Waals surface area contributed by atoms with E-state index in [1.165, 1.54) is 44.9 Å². The van der Waals surface area contributed by atoms with Crippen molar-refractivity contribution in [1.29, 1.82) is 0 Å². The molecule has 0 aromatic carbocycles. The van der Waals surface area contributed by atoms with Crippen LogP contribution in [-0.4, -0.2) is 52.4 Å². The van der Waals surface area contributed by atoms with Gasteiger partial charge in [0.15, 0.2) is 20.4 Å². The number of unbranched alkanes of at least 4 members (excludes halogenated alkanes) is 5. The summed E-state index contributed by atoms with van der Waals surface area (Å²) in [5, 5.41) is 0.301. The van der Waals surface area contributed by atoms with Crippen molar-refractivity contribution < 1.29 is 23.4 Å². The largest absolute Gasteiger partial charge is 0.417 e. The van der Waals surface area contributed by atoms with Crippen LogP contribution in [0.2, 0.25) is 18.1 Å². The van der Waals surface area contributed by atoms with Gasteiger partial charge < -0.3 is 23.4 Å². The fraction of sp³-hybridized carbons (Fsp3) is 0.926. The smallest absolute Gasteiger partial charge is 0.191 e. The molecule has 0 spiro atoms. The van der Waals surface area contributed by atoms with Crippen LogP contribution in [0.15, 0.2) is 12.2 Å². The van der Waals surface area contributed by atoms with E-state index in [0.717, 1.165) is 32.5 Å². The molecule has 194 valence electrons. The fourth-order valence-corrected chi connectivity index (χ4v) is 5.07. The maximum absolute atomic E-state index is 6.30. The van der Waals surface area contributed by atoms with E-state index in [-0.39, 0.29) is 18.5 Å². The molecule has 2 saturated heterocycles. The molecular formula is C27H52O5Si. The maximum Gasteiger partial charge on any atom is 0.191 e. The molecule has 5 nitrogen and oxygen atoms in total. The zero-order valence-electron chi connectivity index (χ0n) is 22.6. The summed E-state index contributed by atoms with van der Waals surface area (Å²) in [6, 6.07) is 0. The molecule has 0 aliphatic carbocycles. The predicted molar refractivity (Wildman–Crippen MR) is 138 cm³/mol. The fourth-order valence-electron chi connectivity index (χ4n) is 3.98. The lowest BCUT2D eigenvalue weighted by atomic mass is 10.1. The molecule has 33 heavy (non-hydrogen) atoms. The lowest BCUT2D eigenvalue weighted by Crippen LogP contribution is -2.40. The van der Waals surface area contributed by atoms with E-state index in [4.69, 9.17) is 23.4 Å². The molecule has 0 bridgehead atoms. The van der Waals surface area contributed by atoms with Crippen LogP contribution in [0.5, 0.6) is 0 Å². The second kappa shape index (κ2) is 13.7. The molecule has 6 heteroatoms. The van der Waals surface area contributed by atoms with Gasteiger partial charge in [-0.1, -0.05) is 65.0 Å². The Morgan fingerprint density at radius 1 is 1.03 bits per heavy atom. The molecular weight excluding hydrogens is 432 g/mol. The Morgan fingerprint density at radius 3 is 2.33 bits per heavy atom. The second-order valence-electron chi connectivity index (χ2n) is 11.7. The van der Waals surface area contributed by atoms with Gasteiger partial charge in [0.05, 0.1) is 12.7 Å². The van der Waals surface area contributed by atoms with Crippen molar-refractivity contribution in [3.05, 3.63) is 12.2 Å². The molecule has 2 aliphatic rings. The molecule has 0 N–H and O–H groups in total. The van der Waals surface area contributed by atoms with Crippen LogP contribution in [0, 0.1) is 0 Å². The highest BCUT2D eigenvalue weighted by atomic mass is 28.4. The Morgan fingerprint density at radius 2 is 1.73 bits per heavy atom. The summed E-state index contributed by atoms with van der Waals surface area (Å²) in [5.74, 6) is -0.492. The third kappa shape index (κ3) is 11.4. The second-order valence-corrected chi connectivity index (χ2v) is 16.6. The summed E-state index contributed by atoms with van der Waals surface area (Å²) >= 11 is 0. The Balaban J connectivity index is 1.63. The molecule has 2 unspecified atom stereocenters. The van der Waals surface area contributed by atoms with E-state index in [1.54, 1.807) is 0 Å². The molecule has 2 heterocycles. The molecule has 2 fully saturated rings. The first-order valence-corrected chi connectivity index (χ1v) is 16.3. The predicted octanol–water partition coefficient (Wildman–Crippen LogP) is 7.36. The van der Waals surface area contributed by atoms with Crippen LogP contribution in [0.25, 0.3) is 0 Å². The van der Waals surface area contributed by atoms with Crippen LogP contribution in [-0.2, 0) is 23.4 Å². The molecule has 3 atom stereocenters. The standard InChI is InChI=1S/C27H52O5Si/c1-26(2,3)33(6,7)30-21-14-11-9-8-10-12-16-23(31-25-17-13-15-20-28-25)18-19-24-22-29-27(4,5)32-24/h18-19,23-25H,8-17,20-22H2,1-7H3/b19-18+/t23?,24-,25?/m0/s1. The van der Waals surface area contributed by atoms with Crippen LogP contribution in [0.4, 0.5) is 0 Å². The Bertz CT molecular complexity index is 563. The summed E-state index contributed by atoms with van der Waals surface area (Å²) in [5.41, 5.74) is 0. The first-order valence-electron chi connectivity index (χ1n) is 13.4. The average Bonchev–Trinajstić information content (AvgIpc) is 3.09. The van der Waals surface area contributed by atoms with Gasteiger partial charge in [-0.3, -0.25) is 0 Å². The van der Waals surface area contributed by atoms with E-state index < -0.39 is 14.1 Å². The molecule has 0 radical (unpaired) electrons. The zero-order valence-corrected chi connectivity index (χ0v) is 23.6. The molecule has 0 amide bonds. The molecule has 0 saturated carbocycles. The topological polar surface area (TPSA) is 46.2 Å². The van der Waals surface area contributed by atoms with E-state index >= 15 is 0 Å². The van der Waals surface area contributed by atoms with Crippen molar-refractivity contribution in [2.24, 2.45) is 0 Å². The molecule has 0 aromatic rings. The summed E-state index contributed by atoms with van der Waals surface area (Å²) in [7, 11) is -1.59. The lowest BCUT2D eigenvalue weighted by molar-refractivity contribution is -0.179. The number of hydrogen-bond donors (Lipinski definition) is 0. The van der Waals surface area contributed by atoms with Crippen molar-refractivity contribution in [3.8, 4) is 0 Å². The lowest BCUT2D eigenvalue weighted by Gasteiger charge is -2.36. The van der Waals surface area contributed by atoms with Crippen LogP contribution in [0.1, 0.15) is 98.8 Å². The first kappa shape index (κ1) is 29.0. The van der Waals surface area contributed by atoms with Gasteiger partial charge in [0.1, 0.15) is 6.10 Å². The molecule has 2 aliphatic heterocycles. The summed E-state index contributed by atoms with van der Waals surface area (Å²) in [6.45, 7) is 17.9. The highest BCUT2D eigenvalue weighted by molar-refractivity contribution is 6.74. The van der Waals surface area contributed by atoms with Gasteiger partial charge in [0.25, 0.3) is 0 Å². The summed E-state index contributed by atoms with van der Waals surface area (Å²) < 4.78 is 30.0. The van der Waals surface area contributed by atoms with Crippen molar-refractivity contribution in [2.75, 3.05) is 19.8 Å². The number of ether oxygens (including phenoxy) is 4. The van der Waals surface area contributed by atoms with Crippen molar-refractivity contribution >= 4 is 8.32 Å². The molecule has 0 aromatic heterocycles. The van der Waals surface area contributed by atoms with Crippen LogP contribution in [0.3, 0.4) is 0 Å². The van der Waals surface area contributed by atoms with E-state index in [0.29, 0.717) is 11.6 Å². The Kier molecular flexibility index (Phi) is 12.1. The number of rotatable bonds is 14. The highest BCUT2D eigenvalue weighted by Gasteiger charge is 2.36. The Hall–Kier alpha value is -0.243. The number of hydrogen-bond acceptors (Lipinski definition) is 5. The van der Waals surface area contributed by atoms with Crippen molar-refractivity contribution in [2.45, 2.75) is 141 Å². The van der Waals surface area contributed by atoms with E-state index in [9.17, 15) is 0 Å². The summed E-state index contributed by atoms with van der Waals surface area (Å²) in [4.78, 5) is 0. The van der Waals surface area contributed by atoms with Gasteiger partial charge >= 0.3 is 0 Å². The Labute approximate surface area is 205 Å².